The van der Waals surface area contributed by atoms with E-state index < -0.39 is 10.8 Å². The Bertz CT molecular complexity index is 1040. The number of nitrogens with zero attached hydrogens (tertiary/aromatic N) is 5. The first-order valence-corrected chi connectivity index (χ1v) is 11.9. The van der Waals surface area contributed by atoms with E-state index in [1.54, 1.807) is 18.1 Å². The minimum atomic E-state index is -0.756. The predicted molar refractivity (Wildman–Crippen MR) is 114 cm³/mol. The maximum atomic E-state index is 11.7. The minimum absolute atomic E-state index is 0.195. The van der Waals surface area contributed by atoms with Crippen molar-refractivity contribution < 1.29 is 4.21 Å². The summed E-state index contributed by atoms with van der Waals surface area (Å²) in [7, 11) is -0.756. The molecule has 0 amide bonds. The number of hydrogen-bond donors (Lipinski definition) is 0. The van der Waals surface area contributed by atoms with Gasteiger partial charge in [0.25, 0.3) is 0 Å². The zero-order chi connectivity index (χ0) is 19.1. The van der Waals surface area contributed by atoms with Gasteiger partial charge in [0.2, 0.25) is 5.28 Å². The summed E-state index contributed by atoms with van der Waals surface area (Å²) in [6.45, 7) is 1.36. The number of hydrogen-bond acceptors (Lipinski definition) is 7. The van der Waals surface area contributed by atoms with Crippen LogP contribution in [0.2, 0.25) is 5.28 Å². The van der Waals surface area contributed by atoms with E-state index >= 15 is 0 Å². The molecule has 1 saturated heterocycles. The van der Waals surface area contributed by atoms with Crippen molar-refractivity contribution in [3.05, 3.63) is 47.0 Å². The van der Waals surface area contributed by atoms with Gasteiger partial charge in [0.1, 0.15) is 22.4 Å². The lowest BCUT2D eigenvalue weighted by molar-refractivity contribution is 0.672. The van der Waals surface area contributed by atoms with Crippen molar-refractivity contribution >= 4 is 51.0 Å². The predicted octanol–water partition coefficient (Wildman–Crippen LogP) is 2.90. The Balaban J connectivity index is 1.48. The third-order valence-electron chi connectivity index (χ3n) is 5.17. The van der Waals surface area contributed by atoms with Crippen molar-refractivity contribution in [1.29, 1.82) is 0 Å². The van der Waals surface area contributed by atoms with Gasteiger partial charge >= 0.3 is 0 Å². The average Bonchev–Trinajstić information content (AvgIpc) is 3.11. The molecule has 3 aromatic rings. The smallest absolute Gasteiger partial charge is 0.225 e. The summed E-state index contributed by atoms with van der Waals surface area (Å²) in [5.41, 5.74) is 4.23. The van der Waals surface area contributed by atoms with Crippen molar-refractivity contribution in [2.75, 3.05) is 29.5 Å². The van der Waals surface area contributed by atoms with Gasteiger partial charge in [-0.05, 0) is 35.6 Å². The van der Waals surface area contributed by atoms with Crippen LogP contribution >= 0.6 is 23.4 Å². The molecular weight excluding hydrogens is 414 g/mol. The molecule has 9 heteroatoms. The van der Waals surface area contributed by atoms with E-state index in [1.165, 1.54) is 11.1 Å². The summed E-state index contributed by atoms with van der Waals surface area (Å²) < 4.78 is 11.7. The quantitative estimate of drug-likeness (QED) is 0.466. The Labute approximate surface area is 174 Å². The summed E-state index contributed by atoms with van der Waals surface area (Å²) >= 11 is 7.99. The van der Waals surface area contributed by atoms with E-state index in [1.807, 2.05) is 0 Å². The minimum Gasteiger partial charge on any atom is -0.353 e. The van der Waals surface area contributed by atoms with Crippen molar-refractivity contribution in [2.24, 2.45) is 0 Å². The summed E-state index contributed by atoms with van der Waals surface area (Å²) in [6, 6.07) is 8.59. The van der Waals surface area contributed by atoms with E-state index in [0.29, 0.717) is 46.7 Å². The van der Waals surface area contributed by atoms with Crippen molar-refractivity contribution in [1.82, 2.24) is 19.9 Å². The molecule has 1 aliphatic heterocycles. The zero-order valence-corrected chi connectivity index (χ0v) is 17.4. The summed E-state index contributed by atoms with van der Waals surface area (Å²) in [5.74, 6) is 1.98. The summed E-state index contributed by atoms with van der Waals surface area (Å²) in [4.78, 5) is 20.0. The van der Waals surface area contributed by atoms with E-state index in [9.17, 15) is 4.21 Å². The number of halogens is 1. The molecule has 0 atom stereocenters. The van der Waals surface area contributed by atoms with Gasteiger partial charge in [-0.25, -0.2) is 15.0 Å². The monoisotopic (exact) mass is 431 g/mol. The molecule has 1 aromatic carbocycles. The molecule has 0 radical (unpaired) electrons. The molecule has 3 heterocycles. The molecule has 28 heavy (non-hydrogen) atoms. The van der Waals surface area contributed by atoms with E-state index in [4.69, 9.17) is 11.6 Å². The highest BCUT2D eigenvalue weighted by molar-refractivity contribution is 8.00. The number of thioether (sulfide) groups is 1. The van der Waals surface area contributed by atoms with Gasteiger partial charge in [-0.2, -0.15) is 4.98 Å². The fourth-order valence-electron chi connectivity index (χ4n) is 3.80. The van der Waals surface area contributed by atoms with Crippen LogP contribution in [0.15, 0.2) is 35.6 Å². The second-order valence-electron chi connectivity index (χ2n) is 6.94. The maximum absolute atomic E-state index is 11.7. The van der Waals surface area contributed by atoms with Crippen LogP contribution in [0.5, 0.6) is 0 Å². The van der Waals surface area contributed by atoms with Crippen LogP contribution in [0.25, 0.3) is 11.0 Å². The Morgan fingerprint density at radius 1 is 1.04 bits per heavy atom. The Kier molecular flexibility index (Phi) is 4.94. The SMILES string of the molecule is O=S1CCN(c2nc(Cl)nc3c(SC4Cc5ccccc5C4)ncnc23)CC1. The third-order valence-corrected chi connectivity index (χ3v) is 7.81. The molecular formula is C19H18ClN5OS2. The normalized spacial score (nSPS) is 18.0. The highest BCUT2D eigenvalue weighted by Crippen LogP contribution is 2.37. The highest BCUT2D eigenvalue weighted by Gasteiger charge is 2.26. The van der Waals surface area contributed by atoms with E-state index in [0.717, 1.165) is 17.9 Å². The van der Waals surface area contributed by atoms with Crippen molar-refractivity contribution in [2.45, 2.75) is 23.1 Å². The molecule has 0 spiro atoms. The van der Waals surface area contributed by atoms with Gasteiger partial charge in [-0.1, -0.05) is 36.0 Å². The summed E-state index contributed by atoms with van der Waals surface area (Å²) in [5, 5.41) is 1.46. The Morgan fingerprint density at radius 2 is 1.75 bits per heavy atom. The molecule has 2 aromatic heterocycles. The van der Waals surface area contributed by atoms with Gasteiger partial charge in [0, 0.05) is 40.6 Å². The fraction of sp³-hybridized carbons (Fsp3) is 0.368. The van der Waals surface area contributed by atoms with Gasteiger partial charge < -0.3 is 4.90 Å². The third kappa shape index (κ3) is 3.49. The lowest BCUT2D eigenvalue weighted by Gasteiger charge is -2.27. The second-order valence-corrected chi connectivity index (χ2v) is 10.3. The average molecular weight is 432 g/mol. The van der Waals surface area contributed by atoms with Crippen LogP contribution < -0.4 is 4.90 Å². The standard InChI is InChI=1S/C19H18ClN5OS2/c20-19-23-16-15(17(24-19)25-5-7-28(26)8-6-25)21-11-22-18(16)27-14-9-12-3-1-2-4-13(12)10-14/h1-4,11,14H,5-10H2. The van der Waals surface area contributed by atoms with Gasteiger partial charge in [-0.15, -0.1) is 0 Å². The molecule has 144 valence electrons. The van der Waals surface area contributed by atoms with Crippen LogP contribution in [0.4, 0.5) is 5.82 Å². The highest BCUT2D eigenvalue weighted by atomic mass is 35.5. The topological polar surface area (TPSA) is 71.9 Å². The van der Waals surface area contributed by atoms with Gasteiger partial charge in [0.15, 0.2) is 5.82 Å². The first-order valence-electron chi connectivity index (χ1n) is 9.19. The maximum Gasteiger partial charge on any atom is 0.225 e. The van der Waals surface area contributed by atoms with Crippen LogP contribution in [0.3, 0.4) is 0 Å². The van der Waals surface area contributed by atoms with Gasteiger partial charge in [-0.3, -0.25) is 4.21 Å². The van der Waals surface area contributed by atoms with E-state index in [2.05, 4.69) is 49.1 Å². The van der Waals surface area contributed by atoms with Crippen LogP contribution in [-0.4, -0.2) is 54.0 Å². The van der Waals surface area contributed by atoms with Gasteiger partial charge in [0.05, 0.1) is 0 Å². The molecule has 1 fully saturated rings. The molecule has 5 rings (SSSR count). The largest absolute Gasteiger partial charge is 0.353 e. The molecule has 0 unspecified atom stereocenters. The summed E-state index contributed by atoms with van der Waals surface area (Å²) in [6.07, 6.45) is 3.63. The second kappa shape index (κ2) is 7.57. The number of benzene rings is 1. The molecule has 0 saturated carbocycles. The van der Waals surface area contributed by atoms with Crippen LogP contribution in [0, 0.1) is 0 Å². The molecule has 0 bridgehead atoms. The zero-order valence-electron chi connectivity index (χ0n) is 15.0. The van der Waals surface area contributed by atoms with Crippen molar-refractivity contribution in [3.63, 3.8) is 0 Å². The number of fused-ring (bicyclic) bond motifs is 2. The van der Waals surface area contributed by atoms with Crippen LogP contribution in [-0.2, 0) is 23.6 Å². The lowest BCUT2D eigenvalue weighted by atomic mass is 10.1. The van der Waals surface area contributed by atoms with Crippen molar-refractivity contribution in [3.8, 4) is 0 Å². The molecule has 0 N–H and O–H groups in total. The first kappa shape index (κ1) is 18.3. The van der Waals surface area contributed by atoms with Crippen LogP contribution in [0.1, 0.15) is 11.1 Å². The Hall–Kier alpha value is -1.77. The number of anilines is 1. The lowest BCUT2D eigenvalue weighted by Crippen LogP contribution is -2.38. The fourth-order valence-corrected chi connectivity index (χ4v) is 6.22. The molecule has 6 nitrogen and oxygen atoms in total. The number of aromatic nitrogens is 4. The molecule has 2 aliphatic rings. The molecule has 1 aliphatic carbocycles. The first-order chi connectivity index (χ1) is 13.7. The van der Waals surface area contributed by atoms with E-state index in [-0.39, 0.29) is 5.28 Å². The number of rotatable bonds is 3. The Morgan fingerprint density at radius 3 is 2.46 bits per heavy atom.